The number of benzene rings is 1. The summed E-state index contributed by atoms with van der Waals surface area (Å²) in [4.78, 5) is 32.2. The molecule has 30 heavy (non-hydrogen) atoms. The summed E-state index contributed by atoms with van der Waals surface area (Å²) in [6.45, 7) is 10.3. The predicted molar refractivity (Wildman–Crippen MR) is 125 cm³/mol. The summed E-state index contributed by atoms with van der Waals surface area (Å²) in [5, 5.41) is 0. The molecule has 0 saturated heterocycles. The highest BCUT2D eigenvalue weighted by Gasteiger charge is 2.22. The van der Waals surface area contributed by atoms with Gasteiger partial charge in [-0.1, -0.05) is 63.9 Å². The van der Waals surface area contributed by atoms with Crippen LogP contribution in [0.1, 0.15) is 61.8 Å². The molecule has 164 valence electrons. The van der Waals surface area contributed by atoms with E-state index in [0.717, 1.165) is 24.8 Å². The van der Waals surface area contributed by atoms with Crippen LogP contribution in [0.4, 0.5) is 0 Å². The molecule has 0 aliphatic carbocycles. The van der Waals surface area contributed by atoms with E-state index in [0.29, 0.717) is 32.0 Å². The molecule has 0 aliphatic rings. The van der Waals surface area contributed by atoms with E-state index in [-0.39, 0.29) is 18.4 Å². The van der Waals surface area contributed by atoms with Gasteiger partial charge in [-0.15, -0.1) is 11.3 Å². The van der Waals surface area contributed by atoms with Crippen molar-refractivity contribution in [3.05, 3.63) is 57.8 Å². The molecule has 0 radical (unpaired) electrons. The second-order valence-electron chi connectivity index (χ2n) is 8.37. The topological polar surface area (TPSA) is 40.6 Å². The van der Waals surface area contributed by atoms with Crippen molar-refractivity contribution in [3.8, 4) is 0 Å². The lowest BCUT2D eigenvalue weighted by Gasteiger charge is -2.29. The third-order valence-electron chi connectivity index (χ3n) is 4.97. The van der Waals surface area contributed by atoms with E-state index in [2.05, 4.69) is 39.8 Å². The second-order valence-corrected chi connectivity index (χ2v) is 9.75. The van der Waals surface area contributed by atoms with Crippen molar-refractivity contribution < 1.29 is 9.59 Å². The van der Waals surface area contributed by atoms with Crippen molar-refractivity contribution in [1.29, 1.82) is 0 Å². The quantitative estimate of drug-likeness (QED) is 0.410. The molecule has 0 atom stereocenters. The Morgan fingerprint density at radius 3 is 2.27 bits per heavy atom. The smallest absolute Gasteiger partial charge is 0.242 e. The number of hydrogen-bond donors (Lipinski definition) is 0. The van der Waals surface area contributed by atoms with Crippen LogP contribution in [0.3, 0.4) is 0 Å². The van der Waals surface area contributed by atoms with E-state index in [4.69, 9.17) is 0 Å². The van der Waals surface area contributed by atoms with Crippen LogP contribution in [0.2, 0.25) is 0 Å². The minimum absolute atomic E-state index is 0.00870. The third-order valence-corrected chi connectivity index (χ3v) is 5.96. The molecule has 4 nitrogen and oxygen atoms in total. The molecule has 5 heteroatoms. The number of amides is 2. The van der Waals surface area contributed by atoms with Gasteiger partial charge in [0.2, 0.25) is 11.8 Å². The van der Waals surface area contributed by atoms with Gasteiger partial charge in [0.15, 0.2) is 0 Å². The fraction of sp³-hybridized carbons (Fsp3) is 0.520. The summed E-state index contributed by atoms with van der Waals surface area (Å²) in [7, 11) is 0. The van der Waals surface area contributed by atoms with Crippen LogP contribution in [0.15, 0.2) is 42.5 Å². The summed E-state index contributed by atoms with van der Waals surface area (Å²) in [6, 6.07) is 14.2. The average Bonchev–Trinajstić information content (AvgIpc) is 3.12. The number of hydrogen-bond acceptors (Lipinski definition) is 3. The van der Waals surface area contributed by atoms with Gasteiger partial charge in [0, 0.05) is 29.3 Å². The fourth-order valence-corrected chi connectivity index (χ4v) is 4.34. The Labute approximate surface area is 185 Å². The lowest BCUT2D eigenvalue weighted by atomic mass is 10.1. The summed E-state index contributed by atoms with van der Waals surface area (Å²) in [5.41, 5.74) is 1.10. The number of thiophene rings is 1. The van der Waals surface area contributed by atoms with E-state index in [9.17, 15) is 9.59 Å². The third kappa shape index (κ3) is 8.31. The largest absolute Gasteiger partial charge is 0.333 e. The molecule has 0 unspecified atom stereocenters. The Hall–Kier alpha value is -2.14. The van der Waals surface area contributed by atoms with Gasteiger partial charge in [-0.25, -0.2) is 0 Å². The molecule has 2 rings (SSSR count). The zero-order valence-electron chi connectivity index (χ0n) is 18.9. The van der Waals surface area contributed by atoms with E-state index >= 15 is 0 Å². The molecule has 0 aliphatic heterocycles. The SMILES string of the molecule is CCCCCC(=O)N(CC(=O)N(Cc1ccccc1)Cc1ccc(C)s1)CC(C)C. The van der Waals surface area contributed by atoms with Crippen molar-refractivity contribution in [2.45, 2.75) is 66.5 Å². The maximum Gasteiger partial charge on any atom is 0.242 e. The normalized spacial score (nSPS) is 11.0. The zero-order chi connectivity index (χ0) is 21.9. The highest BCUT2D eigenvalue weighted by Crippen LogP contribution is 2.19. The number of unbranched alkanes of at least 4 members (excludes halogenated alkanes) is 2. The summed E-state index contributed by atoms with van der Waals surface area (Å²) in [5.74, 6) is 0.432. The molecule has 2 aromatic rings. The molecule has 2 amide bonds. The van der Waals surface area contributed by atoms with Crippen LogP contribution < -0.4 is 0 Å². The van der Waals surface area contributed by atoms with E-state index in [1.54, 1.807) is 16.2 Å². The molecular weight excluding hydrogens is 392 g/mol. The first-order valence-electron chi connectivity index (χ1n) is 11.0. The van der Waals surface area contributed by atoms with Gasteiger partial charge in [-0.2, -0.15) is 0 Å². The molecule has 0 N–H and O–H groups in total. The summed E-state index contributed by atoms with van der Waals surface area (Å²) in [6.07, 6.45) is 3.55. The number of rotatable bonds is 12. The molecule has 1 heterocycles. The Kier molecular flexibility index (Phi) is 10.1. The highest BCUT2D eigenvalue weighted by atomic mass is 32.1. The van der Waals surface area contributed by atoms with Crippen LogP contribution in [0.5, 0.6) is 0 Å². The van der Waals surface area contributed by atoms with Gasteiger partial charge in [0.05, 0.1) is 13.1 Å². The molecule has 0 fully saturated rings. The summed E-state index contributed by atoms with van der Waals surface area (Å²) >= 11 is 1.72. The maximum atomic E-state index is 13.3. The number of nitrogens with zero attached hydrogens (tertiary/aromatic N) is 2. The van der Waals surface area contributed by atoms with Crippen molar-refractivity contribution in [2.24, 2.45) is 5.92 Å². The van der Waals surface area contributed by atoms with Crippen LogP contribution in [-0.2, 0) is 22.7 Å². The first-order valence-corrected chi connectivity index (χ1v) is 11.9. The minimum Gasteiger partial charge on any atom is -0.333 e. The molecule has 0 bridgehead atoms. The molecule has 0 saturated carbocycles. The Bertz CT molecular complexity index is 785. The fourth-order valence-electron chi connectivity index (χ4n) is 3.44. The molecule has 0 spiro atoms. The molecule has 1 aromatic carbocycles. The van der Waals surface area contributed by atoms with Crippen molar-refractivity contribution >= 4 is 23.2 Å². The number of carbonyl (C=O) groups is 2. The number of carbonyl (C=O) groups excluding carboxylic acids is 2. The van der Waals surface area contributed by atoms with E-state index in [1.807, 2.05) is 35.2 Å². The first kappa shape index (κ1) is 24.1. The Morgan fingerprint density at radius 2 is 1.67 bits per heavy atom. The van der Waals surface area contributed by atoms with Gasteiger partial charge in [-0.05, 0) is 37.0 Å². The van der Waals surface area contributed by atoms with Gasteiger partial charge in [0.1, 0.15) is 0 Å². The zero-order valence-corrected chi connectivity index (χ0v) is 19.7. The summed E-state index contributed by atoms with van der Waals surface area (Å²) < 4.78 is 0. The minimum atomic E-state index is 0.00870. The lowest BCUT2D eigenvalue weighted by molar-refractivity contribution is -0.141. The highest BCUT2D eigenvalue weighted by molar-refractivity contribution is 7.11. The van der Waals surface area contributed by atoms with Crippen LogP contribution in [0.25, 0.3) is 0 Å². The lowest BCUT2D eigenvalue weighted by Crippen LogP contribution is -2.43. The van der Waals surface area contributed by atoms with Crippen LogP contribution >= 0.6 is 11.3 Å². The monoisotopic (exact) mass is 428 g/mol. The predicted octanol–water partition coefficient (Wildman–Crippen LogP) is 5.65. The van der Waals surface area contributed by atoms with E-state index in [1.165, 1.54) is 9.75 Å². The first-order chi connectivity index (χ1) is 14.4. The van der Waals surface area contributed by atoms with Gasteiger partial charge < -0.3 is 9.80 Å². The molecule has 1 aromatic heterocycles. The second kappa shape index (κ2) is 12.5. The standard InChI is InChI=1S/C25H36N2O2S/c1-5-6-8-13-24(28)26(16-20(2)3)19-25(29)27(17-22-11-9-7-10-12-22)18-23-15-14-21(4)30-23/h7,9-12,14-15,20H,5-6,8,13,16-19H2,1-4H3. The van der Waals surface area contributed by atoms with Crippen molar-refractivity contribution in [2.75, 3.05) is 13.1 Å². The molecular formula is C25H36N2O2S. The van der Waals surface area contributed by atoms with Crippen molar-refractivity contribution in [3.63, 3.8) is 0 Å². The van der Waals surface area contributed by atoms with Crippen molar-refractivity contribution in [1.82, 2.24) is 9.80 Å². The van der Waals surface area contributed by atoms with Gasteiger partial charge in [-0.3, -0.25) is 9.59 Å². The number of aryl methyl sites for hydroxylation is 1. The van der Waals surface area contributed by atoms with Crippen LogP contribution in [-0.4, -0.2) is 34.7 Å². The average molecular weight is 429 g/mol. The maximum absolute atomic E-state index is 13.3. The Morgan fingerprint density at radius 1 is 0.933 bits per heavy atom. The van der Waals surface area contributed by atoms with Gasteiger partial charge >= 0.3 is 0 Å². The van der Waals surface area contributed by atoms with E-state index < -0.39 is 0 Å². The van der Waals surface area contributed by atoms with Crippen LogP contribution in [0, 0.1) is 12.8 Å². The van der Waals surface area contributed by atoms with Gasteiger partial charge in [0.25, 0.3) is 0 Å². The Balaban J connectivity index is 2.13.